The lowest BCUT2D eigenvalue weighted by atomic mass is 9.73. The number of fused-ring (bicyclic) bond motifs is 1. The van der Waals surface area contributed by atoms with Gasteiger partial charge < -0.3 is 15.2 Å². The summed E-state index contributed by atoms with van der Waals surface area (Å²) in [7, 11) is 0. The number of nitrogens with one attached hydrogen (secondary N) is 1. The van der Waals surface area contributed by atoms with E-state index in [0.29, 0.717) is 17.2 Å². The summed E-state index contributed by atoms with van der Waals surface area (Å²) in [6, 6.07) is 7.76. The lowest BCUT2D eigenvalue weighted by Crippen LogP contribution is -2.57. The lowest BCUT2D eigenvalue weighted by molar-refractivity contribution is -0.0394. The van der Waals surface area contributed by atoms with Crippen LogP contribution in [0, 0.1) is 0 Å². The second-order valence-electron chi connectivity index (χ2n) is 11.9. The summed E-state index contributed by atoms with van der Waals surface area (Å²) in [4.78, 5) is 0. The summed E-state index contributed by atoms with van der Waals surface area (Å²) in [6.45, 7) is 9.89. The van der Waals surface area contributed by atoms with E-state index in [2.05, 4.69) is 59.8 Å². The van der Waals surface area contributed by atoms with Gasteiger partial charge in [0.25, 0.3) is 0 Å². The van der Waals surface area contributed by atoms with Gasteiger partial charge in [-0.2, -0.15) is 5.10 Å². The fourth-order valence-electron chi connectivity index (χ4n) is 6.32. The van der Waals surface area contributed by atoms with Crippen molar-refractivity contribution in [3.63, 3.8) is 0 Å². The quantitative estimate of drug-likeness (QED) is 0.315. The molecular weight excluding hydrogens is 482 g/mol. The number of ether oxygens (including phenoxy) is 1. The Balaban J connectivity index is 1.26. The van der Waals surface area contributed by atoms with Crippen LogP contribution in [0.15, 0.2) is 42.0 Å². The molecule has 37 heavy (non-hydrogen) atoms. The van der Waals surface area contributed by atoms with Crippen LogP contribution in [0.5, 0.6) is 5.75 Å². The number of aromatic nitrogens is 4. The molecule has 0 spiro atoms. The molecule has 6 rings (SSSR count). The third-order valence-corrected chi connectivity index (χ3v) is 8.57. The van der Waals surface area contributed by atoms with Crippen LogP contribution in [0.1, 0.15) is 77.5 Å². The van der Waals surface area contributed by atoms with Crippen LogP contribution in [-0.4, -0.2) is 42.8 Å². The molecule has 2 aliphatic rings. The largest absolute Gasteiger partial charge is 0.507 e. The number of piperidine rings is 1. The van der Waals surface area contributed by atoms with Crippen molar-refractivity contribution >= 4 is 21.6 Å². The van der Waals surface area contributed by atoms with Gasteiger partial charge >= 0.3 is 0 Å². The molecule has 4 aromatic rings. The molecule has 3 aromatic heterocycles. The first-order valence-electron chi connectivity index (χ1n) is 13.2. The molecule has 2 fully saturated rings. The monoisotopic (exact) mass is 517 g/mol. The van der Waals surface area contributed by atoms with Crippen molar-refractivity contribution in [1.29, 1.82) is 0 Å². The molecule has 1 atom stereocenters. The summed E-state index contributed by atoms with van der Waals surface area (Å²) < 4.78 is 8.83. The van der Waals surface area contributed by atoms with E-state index in [-0.39, 0.29) is 23.1 Å². The van der Waals surface area contributed by atoms with E-state index in [1.54, 1.807) is 17.4 Å². The number of benzene rings is 1. The van der Waals surface area contributed by atoms with Gasteiger partial charge in [0.05, 0.1) is 16.6 Å². The number of phenolic OH excluding ortho intramolecular Hbond substituents is 1. The zero-order valence-electron chi connectivity index (χ0n) is 22.0. The van der Waals surface area contributed by atoms with E-state index in [9.17, 15) is 5.11 Å². The molecule has 1 unspecified atom stereocenters. The van der Waals surface area contributed by atoms with Gasteiger partial charge in [-0.05, 0) is 100 Å². The number of nitrogens with zero attached hydrogens (tertiary/aromatic N) is 4. The zero-order valence-corrected chi connectivity index (χ0v) is 22.8. The van der Waals surface area contributed by atoms with Gasteiger partial charge in [0.15, 0.2) is 0 Å². The molecule has 7 nitrogen and oxygen atoms in total. The van der Waals surface area contributed by atoms with E-state index >= 15 is 0 Å². The first kappa shape index (κ1) is 24.5. The summed E-state index contributed by atoms with van der Waals surface area (Å²) in [5.74, 6) is 0.624. The van der Waals surface area contributed by atoms with Gasteiger partial charge in [-0.1, -0.05) is 6.07 Å². The summed E-state index contributed by atoms with van der Waals surface area (Å²) in [6.07, 6.45) is 9.19. The molecule has 0 aliphatic carbocycles. The maximum absolute atomic E-state index is 10.9. The number of thiophene rings is 1. The normalized spacial score (nSPS) is 21.9. The minimum Gasteiger partial charge on any atom is -0.507 e. The Hall–Kier alpha value is -2.81. The third-order valence-electron chi connectivity index (χ3n) is 7.63. The SMILES string of the molecule is CC1(C)CC(c2csc3cc(-c4ccc(-c5cnn(C6CCCCO6)c5)cc4O)nnc23)CC(C)(C)N1. The van der Waals surface area contributed by atoms with Gasteiger partial charge in [-0.15, -0.1) is 21.5 Å². The first-order chi connectivity index (χ1) is 17.7. The molecule has 0 amide bonds. The van der Waals surface area contributed by atoms with Gasteiger partial charge in [0, 0.05) is 35.0 Å². The van der Waals surface area contributed by atoms with Crippen LogP contribution in [0.4, 0.5) is 0 Å². The highest BCUT2D eigenvalue weighted by molar-refractivity contribution is 7.17. The van der Waals surface area contributed by atoms with Gasteiger partial charge in [-0.25, -0.2) is 4.68 Å². The van der Waals surface area contributed by atoms with Crippen LogP contribution in [0.25, 0.3) is 32.6 Å². The minimum atomic E-state index is -0.00456. The van der Waals surface area contributed by atoms with E-state index in [4.69, 9.17) is 4.74 Å². The molecule has 0 saturated carbocycles. The van der Waals surface area contributed by atoms with Crippen LogP contribution in [0.2, 0.25) is 0 Å². The molecule has 5 heterocycles. The number of hydrogen-bond acceptors (Lipinski definition) is 7. The second kappa shape index (κ2) is 9.19. The maximum atomic E-state index is 10.9. The number of aromatic hydroxyl groups is 1. The van der Waals surface area contributed by atoms with Gasteiger partial charge in [-0.3, -0.25) is 0 Å². The maximum Gasteiger partial charge on any atom is 0.150 e. The number of rotatable bonds is 4. The van der Waals surface area contributed by atoms with Crippen molar-refractivity contribution in [3.05, 3.63) is 47.6 Å². The predicted molar refractivity (Wildman–Crippen MR) is 148 cm³/mol. The number of phenols is 1. The Morgan fingerprint density at radius 3 is 2.59 bits per heavy atom. The molecule has 2 aliphatic heterocycles. The third kappa shape index (κ3) is 4.90. The average Bonchev–Trinajstić information content (AvgIpc) is 3.50. The van der Waals surface area contributed by atoms with Crippen molar-refractivity contribution < 1.29 is 9.84 Å². The zero-order chi connectivity index (χ0) is 25.8. The van der Waals surface area contributed by atoms with E-state index in [1.165, 1.54) is 5.56 Å². The fourth-order valence-corrected chi connectivity index (χ4v) is 7.32. The van der Waals surface area contributed by atoms with Crippen molar-refractivity contribution in [1.82, 2.24) is 25.3 Å². The van der Waals surface area contributed by atoms with Gasteiger partial charge in [0.1, 0.15) is 17.5 Å². The molecule has 0 bridgehead atoms. The molecule has 8 heteroatoms. The Morgan fingerprint density at radius 1 is 1.05 bits per heavy atom. The average molecular weight is 518 g/mol. The van der Waals surface area contributed by atoms with Crippen LogP contribution in [-0.2, 0) is 4.74 Å². The Morgan fingerprint density at radius 2 is 1.86 bits per heavy atom. The predicted octanol–water partition coefficient (Wildman–Crippen LogP) is 6.65. The van der Waals surface area contributed by atoms with Crippen molar-refractivity contribution in [3.8, 4) is 28.1 Å². The molecular formula is C29H35N5O2S. The highest BCUT2D eigenvalue weighted by Gasteiger charge is 2.39. The molecule has 194 valence electrons. The number of hydrogen-bond donors (Lipinski definition) is 2. The van der Waals surface area contributed by atoms with Crippen molar-refractivity contribution in [2.45, 2.75) is 83.0 Å². The van der Waals surface area contributed by atoms with Gasteiger partial charge in [0.2, 0.25) is 0 Å². The highest BCUT2D eigenvalue weighted by Crippen LogP contribution is 2.43. The van der Waals surface area contributed by atoms with E-state index in [0.717, 1.165) is 60.1 Å². The minimum absolute atomic E-state index is 0.00456. The van der Waals surface area contributed by atoms with Crippen LogP contribution >= 0.6 is 11.3 Å². The summed E-state index contributed by atoms with van der Waals surface area (Å²) >= 11 is 1.71. The molecule has 1 aromatic carbocycles. The summed E-state index contributed by atoms with van der Waals surface area (Å²) in [5.41, 5.74) is 5.65. The smallest absolute Gasteiger partial charge is 0.150 e. The summed E-state index contributed by atoms with van der Waals surface area (Å²) in [5, 5.41) is 30.7. The molecule has 2 saturated heterocycles. The Kier molecular flexibility index (Phi) is 6.09. The van der Waals surface area contributed by atoms with Crippen LogP contribution in [0.3, 0.4) is 0 Å². The van der Waals surface area contributed by atoms with E-state index < -0.39 is 0 Å². The highest BCUT2D eigenvalue weighted by atomic mass is 32.1. The van der Waals surface area contributed by atoms with Crippen LogP contribution < -0.4 is 5.32 Å². The van der Waals surface area contributed by atoms with Crippen molar-refractivity contribution in [2.24, 2.45) is 0 Å². The lowest BCUT2D eigenvalue weighted by Gasteiger charge is -2.46. The fraction of sp³-hybridized carbons (Fsp3) is 0.483. The molecule has 2 N–H and O–H groups in total. The first-order valence-corrected chi connectivity index (χ1v) is 14.1. The van der Waals surface area contributed by atoms with Crippen molar-refractivity contribution in [2.75, 3.05) is 6.61 Å². The standard InChI is InChI=1S/C29H35N5O2S/c1-28(2)13-19(14-29(3,4)33-28)22-17-37-25-12-23(31-32-27(22)25)21-9-8-18(11-24(21)35)20-15-30-34(16-20)26-7-5-6-10-36-26/h8-9,11-12,15-17,19,26,33,35H,5-7,10,13-14H2,1-4H3. The molecule has 0 radical (unpaired) electrons. The van der Waals surface area contributed by atoms with E-state index in [1.807, 2.05) is 29.2 Å². The Bertz CT molecular complexity index is 1420. The Labute approximate surface area is 221 Å². The second-order valence-corrected chi connectivity index (χ2v) is 12.8. The topological polar surface area (TPSA) is 85.1 Å².